The minimum Gasteiger partial charge on any atom is -0.493 e. The van der Waals surface area contributed by atoms with Crippen molar-refractivity contribution in [3.8, 4) is 11.5 Å². The second-order valence-electron chi connectivity index (χ2n) is 4.26. The second-order valence-corrected chi connectivity index (χ2v) is 4.26. The molecule has 2 N–H and O–H groups in total. The molecule has 1 fully saturated rings. The van der Waals surface area contributed by atoms with Gasteiger partial charge in [-0.15, -0.1) is 0 Å². The summed E-state index contributed by atoms with van der Waals surface area (Å²) >= 11 is 0. The number of methoxy groups -OCH3 is 2. The van der Waals surface area contributed by atoms with Crippen LogP contribution in [0.2, 0.25) is 0 Å². The summed E-state index contributed by atoms with van der Waals surface area (Å²) in [4.78, 5) is 0. The molecule has 1 aliphatic rings. The monoisotopic (exact) mass is 237 g/mol. The minimum atomic E-state index is -0.00249. The predicted octanol–water partition coefficient (Wildman–Crippen LogP) is 1.74. The van der Waals surface area contributed by atoms with Crippen LogP contribution < -0.4 is 15.2 Å². The molecule has 4 nitrogen and oxygen atoms in total. The van der Waals surface area contributed by atoms with Crippen molar-refractivity contribution in [1.82, 2.24) is 0 Å². The highest BCUT2D eigenvalue weighted by Crippen LogP contribution is 2.33. The maximum atomic E-state index is 6.24. The van der Waals surface area contributed by atoms with Crippen LogP contribution in [0.3, 0.4) is 0 Å². The Morgan fingerprint density at radius 1 is 1.29 bits per heavy atom. The molecule has 0 amide bonds. The second kappa shape index (κ2) is 5.38. The molecule has 94 valence electrons. The highest BCUT2D eigenvalue weighted by molar-refractivity contribution is 5.43. The van der Waals surface area contributed by atoms with Crippen molar-refractivity contribution in [1.29, 1.82) is 0 Å². The zero-order valence-electron chi connectivity index (χ0n) is 10.3. The van der Waals surface area contributed by atoms with E-state index < -0.39 is 0 Å². The van der Waals surface area contributed by atoms with E-state index in [-0.39, 0.29) is 6.04 Å². The van der Waals surface area contributed by atoms with E-state index >= 15 is 0 Å². The summed E-state index contributed by atoms with van der Waals surface area (Å²) in [5.41, 5.74) is 7.31. The van der Waals surface area contributed by atoms with Gasteiger partial charge in [0.1, 0.15) is 0 Å². The summed E-state index contributed by atoms with van der Waals surface area (Å²) in [6, 6.07) is 5.83. The first kappa shape index (κ1) is 12.2. The molecule has 0 aromatic heterocycles. The molecular weight excluding hydrogens is 218 g/mol. The Hall–Kier alpha value is -1.26. The van der Waals surface area contributed by atoms with Gasteiger partial charge >= 0.3 is 0 Å². The number of rotatable bonds is 4. The summed E-state index contributed by atoms with van der Waals surface area (Å²) < 4.78 is 15.8. The lowest BCUT2D eigenvalue weighted by molar-refractivity contribution is 0.181. The molecule has 0 radical (unpaired) electrons. The molecule has 4 heteroatoms. The molecule has 2 rings (SSSR count). The van der Waals surface area contributed by atoms with Gasteiger partial charge in [0.2, 0.25) is 0 Å². The average Bonchev–Trinajstić information content (AvgIpc) is 2.90. The highest BCUT2D eigenvalue weighted by atomic mass is 16.5. The predicted molar refractivity (Wildman–Crippen MR) is 65.4 cm³/mol. The van der Waals surface area contributed by atoms with Crippen molar-refractivity contribution in [3.63, 3.8) is 0 Å². The molecule has 1 aromatic carbocycles. The standard InChI is InChI=1S/C13H19NO3/c1-15-11-4-3-9(7-12(11)16-2)13(14)10-5-6-17-8-10/h3-4,7,10,13H,5-6,8,14H2,1-2H3. The minimum absolute atomic E-state index is 0.00249. The Morgan fingerprint density at radius 2 is 2.06 bits per heavy atom. The van der Waals surface area contributed by atoms with Gasteiger partial charge in [0, 0.05) is 18.6 Å². The quantitative estimate of drug-likeness (QED) is 0.866. The smallest absolute Gasteiger partial charge is 0.161 e. The molecule has 2 atom stereocenters. The number of ether oxygens (including phenoxy) is 3. The Kier molecular flexibility index (Phi) is 3.86. The Bertz CT molecular complexity index is 375. The van der Waals surface area contributed by atoms with Gasteiger partial charge in [-0.25, -0.2) is 0 Å². The lowest BCUT2D eigenvalue weighted by Gasteiger charge is -2.19. The van der Waals surface area contributed by atoms with E-state index in [9.17, 15) is 0 Å². The first-order chi connectivity index (χ1) is 8.26. The molecule has 17 heavy (non-hydrogen) atoms. The van der Waals surface area contributed by atoms with Gasteiger partial charge < -0.3 is 19.9 Å². The number of nitrogens with two attached hydrogens (primary N) is 1. The van der Waals surface area contributed by atoms with Crippen LogP contribution in [-0.4, -0.2) is 27.4 Å². The molecular formula is C13H19NO3. The van der Waals surface area contributed by atoms with E-state index in [1.54, 1.807) is 14.2 Å². The van der Waals surface area contributed by atoms with Crippen molar-refractivity contribution in [3.05, 3.63) is 23.8 Å². The first-order valence-corrected chi connectivity index (χ1v) is 5.81. The third-order valence-corrected chi connectivity index (χ3v) is 3.27. The topological polar surface area (TPSA) is 53.7 Å². The molecule has 2 unspecified atom stereocenters. The maximum absolute atomic E-state index is 6.24. The van der Waals surface area contributed by atoms with Gasteiger partial charge in [-0.3, -0.25) is 0 Å². The van der Waals surface area contributed by atoms with E-state index in [2.05, 4.69) is 0 Å². The third kappa shape index (κ3) is 2.53. The van der Waals surface area contributed by atoms with Gasteiger partial charge in [-0.05, 0) is 24.1 Å². The Morgan fingerprint density at radius 3 is 2.65 bits per heavy atom. The average molecular weight is 237 g/mol. The molecule has 0 aliphatic carbocycles. The third-order valence-electron chi connectivity index (χ3n) is 3.27. The van der Waals surface area contributed by atoms with E-state index in [0.717, 1.165) is 36.7 Å². The molecule has 0 bridgehead atoms. The SMILES string of the molecule is COc1ccc(C(N)C2CCOC2)cc1OC. The van der Waals surface area contributed by atoms with Crippen molar-refractivity contribution in [2.24, 2.45) is 11.7 Å². The lowest BCUT2D eigenvalue weighted by Crippen LogP contribution is -2.21. The largest absolute Gasteiger partial charge is 0.493 e. The van der Waals surface area contributed by atoms with Crippen LogP contribution in [0.25, 0.3) is 0 Å². The van der Waals surface area contributed by atoms with Crippen molar-refractivity contribution >= 4 is 0 Å². The molecule has 0 saturated carbocycles. The Labute approximate surface area is 102 Å². The van der Waals surface area contributed by atoms with Crippen LogP contribution in [0.4, 0.5) is 0 Å². The van der Waals surface area contributed by atoms with Crippen LogP contribution in [0.5, 0.6) is 11.5 Å². The number of hydrogen-bond acceptors (Lipinski definition) is 4. The fourth-order valence-electron chi connectivity index (χ4n) is 2.17. The van der Waals surface area contributed by atoms with Gasteiger partial charge in [0.25, 0.3) is 0 Å². The van der Waals surface area contributed by atoms with Crippen LogP contribution >= 0.6 is 0 Å². The summed E-state index contributed by atoms with van der Waals surface area (Å²) in [7, 11) is 3.26. The Balaban J connectivity index is 2.20. The highest BCUT2D eigenvalue weighted by Gasteiger charge is 2.24. The van der Waals surface area contributed by atoms with Gasteiger partial charge in [0.15, 0.2) is 11.5 Å². The van der Waals surface area contributed by atoms with Crippen LogP contribution in [-0.2, 0) is 4.74 Å². The normalized spacial score (nSPS) is 21.2. The molecule has 1 saturated heterocycles. The number of hydrogen-bond donors (Lipinski definition) is 1. The summed E-state index contributed by atoms with van der Waals surface area (Å²) in [6.45, 7) is 1.56. The zero-order valence-corrected chi connectivity index (χ0v) is 10.3. The summed E-state index contributed by atoms with van der Waals surface area (Å²) in [5, 5.41) is 0. The van der Waals surface area contributed by atoms with E-state index in [1.165, 1.54) is 0 Å². The summed E-state index contributed by atoms with van der Waals surface area (Å²) in [6.07, 6.45) is 1.02. The van der Waals surface area contributed by atoms with Gasteiger partial charge in [-0.2, -0.15) is 0 Å². The maximum Gasteiger partial charge on any atom is 0.161 e. The molecule has 1 aliphatic heterocycles. The fourth-order valence-corrected chi connectivity index (χ4v) is 2.17. The van der Waals surface area contributed by atoms with E-state index in [0.29, 0.717) is 5.92 Å². The van der Waals surface area contributed by atoms with Crippen LogP contribution in [0, 0.1) is 5.92 Å². The van der Waals surface area contributed by atoms with Crippen molar-refractivity contribution < 1.29 is 14.2 Å². The van der Waals surface area contributed by atoms with E-state index in [1.807, 2.05) is 18.2 Å². The summed E-state index contributed by atoms with van der Waals surface area (Å²) in [5.74, 6) is 1.85. The van der Waals surface area contributed by atoms with Crippen LogP contribution in [0.15, 0.2) is 18.2 Å². The zero-order chi connectivity index (χ0) is 12.3. The number of benzene rings is 1. The van der Waals surface area contributed by atoms with Gasteiger partial charge in [-0.1, -0.05) is 6.07 Å². The van der Waals surface area contributed by atoms with Crippen LogP contribution in [0.1, 0.15) is 18.0 Å². The van der Waals surface area contributed by atoms with E-state index in [4.69, 9.17) is 19.9 Å². The molecule has 1 aromatic rings. The molecule has 0 spiro atoms. The molecule has 1 heterocycles. The van der Waals surface area contributed by atoms with Crippen molar-refractivity contribution in [2.45, 2.75) is 12.5 Å². The lowest BCUT2D eigenvalue weighted by atomic mass is 9.93. The first-order valence-electron chi connectivity index (χ1n) is 5.81. The van der Waals surface area contributed by atoms with Gasteiger partial charge in [0.05, 0.1) is 20.8 Å². The van der Waals surface area contributed by atoms with Crippen molar-refractivity contribution in [2.75, 3.05) is 27.4 Å². The fraction of sp³-hybridized carbons (Fsp3) is 0.538.